The van der Waals surface area contributed by atoms with Crippen LogP contribution in [0.5, 0.6) is 0 Å². The summed E-state index contributed by atoms with van der Waals surface area (Å²) >= 11 is 2.21. The molecular formula is C24H37IO4. The van der Waals surface area contributed by atoms with Crippen molar-refractivity contribution < 1.29 is 19.7 Å². The first kappa shape index (κ1) is 21.0. The summed E-state index contributed by atoms with van der Waals surface area (Å²) < 4.78 is 6.28. The Morgan fingerprint density at radius 3 is 1.86 bits per heavy atom. The van der Waals surface area contributed by atoms with Crippen molar-refractivity contribution in [2.24, 2.45) is 16.7 Å². The molecule has 6 saturated carbocycles. The molecule has 2 N–H and O–H groups in total. The average molecular weight is 516 g/mol. The van der Waals surface area contributed by atoms with Crippen LogP contribution < -0.4 is 0 Å². The molecule has 6 fully saturated rings. The van der Waals surface area contributed by atoms with Crippen LogP contribution in [-0.4, -0.2) is 36.9 Å². The number of aliphatic hydroxyl groups is 2. The van der Waals surface area contributed by atoms with Gasteiger partial charge < -0.3 is 14.9 Å². The molecule has 0 radical (unpaired) electrons. The minimum Gasteiger partial charge on any atom is -0.458 e. The summed E-state index contributed by atoms with van der Waals surface area (Å²) in [6.07, 6.45) is 14.3. The van der Waals surface area contributed by atoms with E-state index >= 15 is 0 Å². The first-order valence-corrected chi connectivity index (χ1v) is 13.2. The molecule has 6 aliphatic carbocycles. The molecule has 6 aliphatic rings. The largest absolute Gasteiger partial charge is 0.458 e. The van der Waals surface area contributed by atoms with Gasteiger partial charge in [-0.15, -0.1) is 0 Å². The van der Waals surface area contributed by atoms with Crippen LogP contribution in [0.2, 0.25) is 0 Å². The van der Waals surface area contributed by atoms with Crippen LogP contribution in [0.3, 0.4) is 0 Å². The van der Waals surface area contributed by atoms with Gasteiger partial charge in [-0.05, 0) is 76.5 Å². The summed E-state index contributed by atoms with van der Waals surface area (Å²) in [5.41, 5.74) is -2.13. The summed E-state index contributed by atoms with van der Waals surface area (Å²) in [5.74, 6) is 0.375. The van der Waals surface area contributed by atoms with E-state index in [4.69, 9.17) is 4.74 Å². The topological polar surface area (TPSA) is 66.8 Å². The van der Waals surface area contributed by atoms with Gasteiger partial charge in [-0.3, -0.25) is 4.79 Å². The Morgan fingerprint density at radius 1 is 0.931 bits per heavy atom. The molecule has 164 valence electrons. The van der Waals surface area contributed by atoms with E-state index in [1.54, 1.807) is 0 Å². The number of carbonyl (C=O) groups is 1. The molecule has 0 aliphatic heterocycles. The van der Waals surface area contributed by atoms with Crippen molar-refractivity contribution in [2.45, 2.75) is 124 Å². The normalized spacial score (nSPS) is 45.4. The van der Waals surface area contributed by atoms with Gasteiger partial charge >= 0.3 is 5.97 Å². The molecule has 0 spiro atoms. The quantitative estimate of drug-likeness (QED) is 0.305. The molecule has 5 heteroatoms. The molecular weight excluding hydrogens is 479 g/mol. The fourth-order valence-corrected chi connectivity index (χ4v) is 9.05. The van der Waals surface area contributed by atoms with E-state index < -0.39 is 16.8 Å². The summed E-state index contributed by atoms with van der Waals surface area (Å²) in [6, 6.07) is 0. The molecule has 3 unspecified atom stereocenters. The monoisotopic (exact) mass is 516 g/mol. The van der Waals surface area contributed by atoms with Crippen LogP contribution in [0.15, 0.2) is 0 Å². The second kappa shape index (κ2) is 6.81. The minimum atomic E-state index is -0.640. The zero-order chi connectivity index (χ0) is 20.5. The Bertz CT molecular complexity index is 640. The van der Waals surface area contributed by atoms with Crippen LogP contribution >= 0.6 is 22.6 Å². The molecule has 4 nitrogen and oxygen atoms in total. The van der Waals surface area contributed by atoms with Crippen LogP contribution in [-0.2, 0) is 9.53 Å². The molecule has 0 saturated heterocycles. The van der Waals surface area contributed by atoms with Gasteiger partial charge in [-0.25, -0.2) is 0 Å². The maximum Gasteiger partial charge on any atom is 0.319 e. The maximum atomic E-state index is 12.9. The molecule has 29 heavy (non-hydrogen) atoms. The predicted molar refractivity (Wildman–Crippen MR) is 120 cm³/mol. The highest BCUT2D eigenvalue weighted by Crippen LogP contribution is 2.75. The smallest absolute Gasteiger partial charge is 0.319 e. The van der Waals surface area contributed by atoms with Gasteiger partial charge in [0.25, 0.3) is 0 Å². The molecule has 0 aromatic carbocycles. The minimum absolute atomic E-state index is 0.0860. The second-order valence-electron chi connectivity index (χ2n) is 11.5. The molecule has 0 amide bonds. The van der Waals surface area contributed by atoms with E-state index in [-0.39, 0.29) is 20.7 Å². The van der Waals surface area contributed by atoms with Crippen molar-refractivity contribution in [3.63, 3.8) is 0 Å². The zero-order valence-corrected chi connectivity index (χ0v) is 20.0. The van der Waals surface area contributed by atoms with Crippen molar-refractivity contribution in [1.29, 1.82) is 0 Å². The van der Waals surface area contributed by atoms with Gasteiger partial charge in [0.05, 0.1) is 11.2 Å². The van der Waals surface area contributed by atoms with Gasteiger partial charge in [-0.1, -0.05) is 55.2 Å². The lowest BCUT2D eigenvalue weighted by Gasteiger charge is -2.71. The Morgan fingerprint density at radius 2 is 1.41 bits per heavy atom. The maximum absolute atomic E-state index is 12.9. The Labute approximate surface area is 188 Å². The summed E-state index contributed by atoms with van der Waals surface area (Å²) in [4.78, 5) is 12.9. The Kier molecular flexibility index (Phi) is 4.93. The van der Waals surface area contributed by atoms with E-state index in [0.29, 0.717) is 5.92 Å². The lowest BCUT2D eigenvalue weighted by Crippen LogP contribution is -2.71. The highest BCUT2D eigenvalue weighted by molar-refractivity contribution is 14.1. The number of hydrogen-bond donors (Lipinski definition) is 2. The van der Waals surface area contributed by atoms with Crippen LogP contribution in [0.1, 0.15) is 103 Å². The molecule has 0 heterocycles. The fourth-order valence-electron chi connectivity index (χ4n) is 8.93. The first-order valence-electron chi connectivity index (χ1n) is 12.0. The zero-order valence-electron chi connectivity index (χ0n) is 17.9. The molecule has 0 aromatic heterocycles. The van der Waals surface area contributed by atoms with Crippen molar-refractivity contribution in [1.82, 2.24) is 0 Å². The van der Waals surface area contributed by atoms with Gasteiger partial charge in [0.2, 0.25) is 0 Å². The van der Waals surface area contributed by atoms with E-state index in [1.807, 2.05) is 6.92 Å². The van der Waals surface area contributed by atoms with E-state index in [2.05, 4.69) is 22.6 Å². The SMILES string of the molecule is CCC(I)C(=O)OC12CC3CC(C4(O)CCCC4)(C1)CC(C1(O)CCCC1)(C3)C2. The van der Waals surface area contributed by atoms with Gasteiger partial charge in [0, 0.05) is 10.8 Å². The van der Waals surface area contributed by atoms with Crippen LogP contribution in [0.25, 0.3) is 0 Å². The summed E-state index contributed by atoms with van der Waals surface area (Å²) in [7, 11) is 0. The molecule has 0 aromatic rings. The third-order valence-corrected chi connectivity index (χ3v) is 11.2. The van der Waals surface area contributed by atoms with Crippen LogP contribution in [0, 0.1) is 16.7 Å². The third kappa shape index (κ3) is 2.99. The number of esters is 1. The van der Waals surface area contributed by atoms with Crippen LogP contribution in [0.4, 0.5) is 0 Å². The van der Waals surface area contributed by atoms with Crippen molar-refractivity contribution in [2.75, 3.05) is 0 Å². The van der Waals surface area contributed by atoms with E-state index in [9.17, 15) is 15.0 Å². The number of halogens is 1. The predicted octanol–water partition coefficient (Wildman–Crippen LogP) is 5.06. The number of carbonyl (C=O) groups excluding carboxylic acids is 1. The summed E-state index contributed by atoms with van der Waals surface area (Å²) in [6.45, 7) is 2.03. The molecule has 4 bridgehead atoms. The number of hydrogen-bond acceptors (Lipinski definition) is 4. The van der Waals surface area contributed by atoms with Crippen molar-refractivity contribution >= 4 is 28.6 Å². The average Bonchev–Trinajstić information content (AvgIpc) is 3.30. The Hall–Kier alpha value is 0.120. The van der Waals surface area contributed by atoms with Crippen molar-refractivity contribution in [3.8, 4) is 0 Å². The second-order valence-corrected chi connectivity index (χ2v) is 13.0. The van der Waals surface area contributed by atoms with Gasteiger partial charge in [0.15, 0.2) is 0 Å². The van der Waals surface area contributed by atoms with E-state index in [0.717, 1.165) is 96.3 Å². The number of rotatable bonds is 5. The fraction of sp³-hybridized carbons (Fsp3) is 0.958. The van der Waals surface area contributed by atoms with Gasteiger partial charge in [-0.2, -0.15) is 0 Å². The molecule has 3 atom stereocenters. The lowest BCUT2D eigenvalue weighted by atomic mass is 9.36. The molecule has 6 rings (SSSR count). The standard InChI is InChI=1S/C24H37IO4/c1-2-18(25)19(26)29-22-13-17-11-20(15-22,23(27)7-3-4-8-23)14-21(12-17,16-22)24(28)9-5-6-10-24/h17-18,27-28H,2-16H2,1H3. The van der Waals surface area contributed by atoms with Gasteiger partial charge in [0.1, 0.15) is 9.53 Å². The van der Waals surface area contributed by atoms with Crippen molar-refractivity contribution in [3.05, 3.63) is 0 Å². The number of alkyl halides is 1. The summed E-state index contributed by atoms with van der Waals surface area (Å²) in [5, 5.41) is 23.8. The lowest BCUT2D eigenvalue weighted by molar-refractivity contribution is -0.294. The number of ether oxygens (including phenoxy) is 1. The first-order chi connectivity index (χ1) is 13.7. The highest BCUT2D eigenvalue weighted by Gasteiger charge is 2.73. The third-order valence-electron chi connectivity index (χ3n) is 9.78. The van der Waals surface area contributed by atoms with E-state index in [1.165, 1.54) is 0 Å². The Balaban J connectivity index is 1.56. The highest BCUT2D eigenvalue weighted by atomic mass is 127.